The van der Waals surface area contributed by atoms with Crippen LogP contribution in [0.2, 0.25) is 0 Å². The summed E-state index contributed by atoms with van der Waals surface area (Å²) in [6, 6.07) is 13.9. The van der Waals surface area contributed by atoms with E-state index in [1.165, 1.54) is 12.1 Å². The van der Waals surface area contributed by atoms with Gasteiger partial charge in [-0.1, -0.05) is 61.7 Å². The van der Waals surface area contributed by atoms with E-state index in [9.17, 15) is 19.5 Å². The largest absolute Gasteiger partial charge is 0.508 e. The van der Waals surface area contributed by atoms with Gasteiger partial charge in [0.15, 0.2) is 0 Å². The maximum atomic E-state index is 14.5. The van der Waals surface area contributed by atoms with Gasteiger partial charge in [0, 0.05) is 18.0 Å². The van der Waals surface area contributed by atoms with Crippen molar-refractivity contribution in [1.29, 1.82) is 0 Å². The molecule has 0 saturated heterocycles. The maximum Gasteiger partial charge on any atom is 0.408 e. The first-order chi connectivity index (χ1) is 18.7. The second kappa shape index (κ2) is 13.2. The number of aromatic hydroxyl groups is 1. The highest BCUT2D eigenvalue weighted by atomic mass is 16.6. The highest BCUT2D eigenvalue weighted by Crippen LogP contribution is 2.32. The van der Waals surface area contributed by atoms with E-state index in [2.05, 4.69) is 10.6 Å². The Labute approximate surface area is 238 Å². The minimum Gasteiger partial charge on any atom is -0.508 e. The highest BCUT2D eigenvalue weighted by Gasteiger charge is 2.42. The van der Waals surface area contributed by atoms with Crippen LogP contribution in [0.5, 0.6) is 5.75 Å². The summed E-state index contributed by atoms with van der Waals surface area (Å²) in [5.74, 6) is -0.618. The highest BCUT2D eigenvalue weighted by molar-refractivity contribution is 5.93. The summed E-state index contributed by atoms with van der Waals surface area (Å²) in [5.41, 5.74) is -0.111. The molecular weight excluding hydrogens is 506 g/mol. The standard InChI is InChI=1S/C32H45N3O5/c1-31(2,3)35(27(23-17-19-25(36)20-18-23)28(37)33-24-15-11-8-12-16-24)29(38)26(21-22-13-9-7-10-14-22)34-30(39)40-32(4,5)6/h7,9-10,13-14,17-20,24,26-27,36H,8,11-12,15-16,21H2,1-6H3,(H,33,37)(H,34,39). The molecule has 0 bridgehead atoms. The first-order valence-electron chi connectivity index (χ1n) is 14.2. The average molecular weight is 552 g/mol. The Kier molecular flexibility index (Phi) is 10.2. The number of hydrogen-bond donors (Lipinski definition) is 3. The van der Waals surface area contributed by atoms with Gasteiger partial charge in [-0.25, -0.2) is 4.79 Å². The molecule has 3 amide bonds. The number of benzene rings is 2. The number of amides is 3. The molecule has 1 aliphatic rings. The summed E-state index contributed by atoms with van der Waals surface area (Å²) in [6.45, 7) is 10.9. The molecule has 3 rings (SSSR count). The van der Waals surface area contributed by atoms with Crippen molar-refractivity contribution in [1.82, 2.24) is 15.5 Å². The summed E-state index contributed by atoms with van der Waals surface area (Å²) in [7, 11) is 0. The first kappa shape index (κ1) is 31.0. The van der Waals surface area contributed by atoms with Gasteiger partial charge >= 0.3 is 6.09 Å². The summed E-state index contributed by atoms with van der Waals surface area (Å²) in [4.78, 5) is 43.0. The quantitative estimate of drug-likeness (QED) is 0.393. The molecular formula is C32H45N3O5. The van der Waals surface area contributed by atoms with Gasteiger partial charge in [-0.3, -0.25) is 9.59 Å². The van der Waals surface area contributed by atoms with Crippen molar-refractivity contribution >= 4 is 17.9 Å². The van der Waals surface area contributed by atoms with Gasteiger partial charge in [0.05, 0.1) is 0 Å². The lowest BCUT2D eigenvalue weighted by Gasteiger charge is -2.43. The number of ether oxygens (including phenoxy) is 1. The fraction of sp³-hybridized carbons (Fsp3) is 0.531. The number of phenols is 1. The molecule has 40 heavy (non-hydrogen) atoms. The second-order valence-electron chi connectivity index (χ2n) is 12.6. The SMILES string of the molecule is CC(C)(C)OC(=O)NC(Cc1ccccc1)C(=O)N(C(C(=O)NC1CCCCC1)c1ccc(O)cc1)C(C)(C)C. The van der Waals surface area contributed by atoms with Crippen LogP contribution in [-0.2, 0) is 20.7 Å². The van der Waals surface area contributed by atoms with Gasteiger partial charge in [0.1, 0.15) is 23.4 Å². The lowest BCUT2D eigenvalue weighted by molar-refractivity contribution is -0.148. The summed E-state index contributed by atoms with van der Waals surface area (Å²) >= 11 is 0. The molecule has 0 spiro atoms. The molecule has 0 radical (unpaired) electrons. The molecule has 0 aliphatic heterocycles. The van der Waals surface area contributed by atoms with Crippen molar-refractivity contribution in [3.8, 4) is 5.75 Å². The molecule has 0 aromatic heterocycles. The Bertz CT molecular complexity index is 1130. The average Bonchev–Trinajstić information content (AvgIpc) is 2.86. The smallest absolute Gasteiger partial charge is 0.408 e. The van der Waals surface area contributed by atoms with Crippen molar-refractivity contribution in [3.63, 3.8) is 0 Å². The molecule has 2 aromatic carbocycles. The topological polar surface area (TPSA) is 108 Å². The van der Waals surface area contributed by atoms with E-state index in [0.29, 0.717) is 5.56 Å². The van der Waals surface area contributed by atoms with Gasteiger partial charge in [-0.05, 0) is 77.6 Å². The summed E-state index contributed by atoms with van der Waals surface area (Å²) in [5, 5.41) is 15.9. The molecule has 1 fully saturated rings. The van der Waals surface area contributed by atoms with E-state index in [-0.39, 0.29) is 24.1 Å². The second-order valence-corrected chi connectivity index (χ2v) is 12.6. The van der Waals surface area contributed by atoms with Crippen molar-refractivity contribution in [2.75, 3.05) is 0 Å². The molecule has 8 nitrogen and oxygen atoms in total. The van der Waals surface area contributed by atoms with Gasteiger partial charge in [0.2, 0.25) is 11.8 Å². The van der Waals surface area contributed by atoms with Crippen molar-refractivity contribution in [2.45, 2.75) is 109 Å². The zero-order valence-electron chi connectivity index (χ0n) is 24.7. The number of carbonyl (C=O) groups is 3. The zero-order chi connectivity index (χ0) is 29.5. The fourth-order valence-corrected chi connectivity index (χ4v) is 5.11. The molecule has 2 atom stereocenters. The van der Waals surface area contributed by atoms with Crippen LogP contribution in [0.4, 0.5) is 4.79 Å². The number of alkyl carbamates (subject to hydrolysis) is 1. The van der Waals surface area contributed by atoms with Gasteiger partial charge < -0.3 is 25.4 Å². The third-order valence-corrected chi connectivity index (χ3v) is 6.90. The van der Waals surface area contributed by atoms with Crippen LogP contribution in [0.15, 0.2) is 54.6 Å². The van der Waals surface area contributed by atoms with Gasteiger partial charge in [-0.2, -0.15) is 0 Å². The number of nitrogens with one attached hydrogen (secondary N) is 2. The molecule has 2 unspecified atom stereocenters. The van der Waals surface area contributed by atoms with E-state index in [1.54, 1.807) is 37.8 Å². The Morgan fingerprint density at radius 1 is 0.925 bits per heavy atom. The van der Waals surface area contributed by atoms with E-state index in [4.69, 9.17) is 4.74 Å². The predicted molar refractivity (Wildman–Crippen MR) is 156 cm³/mol. The maximum absolute atomic E-state index is 14.5. The molecule has 2 aromatic rings. The number of rotatable bonds is 8. The van der Waals surface area contributed by atoms with Crippen LogP contribution < -0.4 is 10.6 Å². The number of carbonyl (C=O) groups excluding carboxylic acids is 3. The molecule has 1 aliphatic carbocycles. The molecule has 1 saturated carbocycles. The van der Waals surface area contributed by atoms with Gasteiger partial charge in [0.25, 0.3) is 0 Å². The first-order valence-corrected chi connectivity index (χ1v) is 14.2. The number of hydrogen-bond acceptors (Lipinski definition) is 5. The van der Waals surface area contributed by atoms with Crippen molar-refractivity contribution < 1.29 is 24.2 Å². The van der Waals surface area contributed by atoms with E-state index < -0.39 is 35.2 Å². The predicted octanol–water partition coefficient (Wildman–Crippen LogP) is 5.65. The number of phenolic OH excluding ortho intramolecular Hbond substituents is 1. The summed E-state index contributed by atoms with van der Waals surface area (Å²) in [6.07, 6.45) is 4.56. The van der Waals surface area contributed by atoms with Crippen molar-refractivity contribution in [2.24, 2.45) is 0 Å². The van der Waals surface area contributed by atoms with E-state index >= 15 is 0 Å². The monoisotopic (exact) mass is 551 g/mol. The Hall–Kier alpha value is -3.55. The fourth-order valence-electron chi connectivity index (χ4n) is 5.11. The Morgan fingerprint density at radius 2 is 1.52 bits per heavy atom. The third-order valence-electron chi connectivity index (χ3n) is 6.90. The minimum atomic E-state index is -0.987. The molecule has 0 heterocycles. The lowest BCUT2D eigenvalue weighted by atomic mass is 9.92. The number of nitrogens with zero attached hydrogens (tertiary/aromatic N) is 1. The molecule has 218 valence electrons. The van der Waals surface area contributed by atoms with Crippen LogP contribution >= 0.6 is 0 Å². The van der Waals surface area contributed by atoms with Crippen LogP contribution in [0, 0.1) is 0 Å². The van der Waals surface area contributed by atoms with Crippen LogP contribution in [-0.4, -0.2) is 51.1 Å². The normalized spacial score (nSPS) is 15.9. The van der Waals surface area contributed by atoms with Crippen molar-refractivity contribution in [3.05, 3.63) is 65.7 Å². The Morgan fingerprint density at radius 3 is 2.08 bits per heavy atom. The molecule has 8 heteroatoms. The summed E-state index contributed by atoms with van der Waals surface area (Å²) < 4.78 is 5.50. The third kappa shape index (κ3) is 9.00. The minimum absolute atomic E-state index is 0.0396. The van der Waals surface area contributed by atoms with Crippen LogP contribution in [0.25, 0.3) is 0 Å². The lowest BCUT2D eigenvalue weighted by Crippen LogP contribution is -2.59. The van der Waals surface area contributed by atoms with Crippen LogP contribution in [0.3, 0.4) is 0 Å². The Balaban J connectivity index is 2.03. The van der Waals surface area contributed by atoms with Crippen LogP contribution in [0.1, 0.15) is 90.8 Å². The molecule has 3 N–H and O–H groups in total. The van der Waals surface area contributed by atoms with E-state index in [0.717, 1.165) is 37.7 Å². The van der Waals surface area contributed by atoms with Gasteiger partial charge in [-0.15, -0.1) is 0 Å². The van der Waals surface area contributed by atoms with E-state index in [1.807, 2.05) is 51.1 Å². The zero-order valence-corrected chi connectivity index (χ0v) is 24.7.